The Balaban J connectivity index is 2.78. The van der Waals surface area contributed by atoms with Gasteiger partial charge in [0.1, 0.15) is 11.6 Å². The average Bonchev–Trinajstić information content (AvgIpc) is 2.59. The highest BCUT2D eigenvalue weighted by Crippen LogP contribution is 2.26. The summed E-state index contributed by atoms with van der Waals surface area (Å²) in [6.45, 7) is 7.57. The summed E-state index contributed by atoms with van der Waals surface area (Å²) in [6, 6.07) is -0.791. The summed E-state index contributed by atoms with van der Waals surface area (Å²) in [5, 5.41) is 9.14. The van der Waals surface area contributed by atoms with Crippen LogP contribution >= 0.6 is 0 Å². The van der Waals surface area contributed by atoms with Crippen LogP contribution in [-0.4, -0.2) is 40.3 Å². The normalized spacial score (nSPS) is 24.6. The molecule has 1 aliphatic rings. The van der Waals surface area contributed by atoms with E-state index >= 15 is 0 Å². The van der Waals surface area contributed by atoms with E-state index in [4.69, 9.17) is 9.84 Å². The molecule has 102 valence electrons. The molecule has 1 aliphatic heterocycles. The number of aliphatic carboxylic acids is 1. The molecule has 0 aromatic rings. The molecule has 0 radical (unpaired) electrons. The van der Waals surface area contributed by atoms with Crippen molar-refractivity contribution in [1.29, 1.82) is 0 Å². The summed E-state index contributed by atoms with van der Waals surface area (Å²) in [4.78, 5) is 24.4. The number of allylic oxidation sites excluding steroid dienone is 1. The number of ether oxygens (including phenoxy) is 1. The van der Waals surface area contributed by atoms with Crippen LogP contribution in [0, 0.1) is 5.92 Å². The van der Waals surface area contributed by atoms with Gasteiger partial charge in [-0.05, 0) is 40.0 Å². The summed E-state index contributed by atoms with van der Waals surface area (Å²) < 4.78 is 5.23. The summed E-state index contributed by atoms with van der Waals surface area (Å²) in [5.74, 6) is -0.892. The zero-order valence-corrected chi connectivity index (χ0v) is 11.3. The summed E-state index contributed by atoms with van der Waals surface area (Å²) in [6.07, 6.45) is 3.70. The molecule has 0 aromatic carbocycles. The van der Waals surface area contributed by atoms with Crippen molar-refractivity contribution in [3.63, 3.8) is 0 Å². The lowest BCUT2D eigenvalue weighted by Gasteiger charge is -2.26. The predicted molar refractivity (Wildman–Crippen MR) is 67.3 cm³/mol. The first-order valence-corrected chi connectivity index (χ1v) is 6.10. The van der Waals surface area contributed by atoms with Crippen molar-refractivity contribution in [1.82, 2.24) is 4.90 Å². The molecule has 18 heavy (non-hydrogen) atoms. The van der Waals surface area contributed by atoms with Crippen LogP contribution in [-0.2, 0) is 9.53 Å². The van der Waals surface area contributed by atoms with Crippen LogP contribution in [0.5, 0.6) is 0 Å². The third-order valence-corrected chi connectivity index (χ3v) is 2.71. The van der Waals surface area contributed by atoms with E-state index in [0.717, 1.165) is 0 Å². The maximum Gasteiger partial charge on any atom is 0.411 e. The van der Waals surface area contributed by atoms with E-state index in [0.29, 0.717) is 13.0 Å². The number of likely N-dealkylation sites (tertiary alicyclic amines) is 1. The van der Waals surface area contributed by atoms with Gasteiger partial charge in [0, 0.05) is 6.54 Å². The molecule has 1 amide bonds. The molecular weight excluding hydrogens is 234 g/mol. The van der Waals surface area contributed by atoms with Crippen LogP contribution in [0.25, 0.3) is 0 Å². The van der Waals surface area contributed by atoms with Gasteiger partial charge in [0.2, 0.25) is 0 Å². The first kappa shape index (κ1) is 14.5. The molecule has 0 saturated carbocycles. The first-order chi connectivity index (χ1) is 8.24. The van der Waals surface area contributed by atoms with Gasteiger partial charge < -0.3 is 9.84 Å². The minimum atomic E-state index is -0.979. The third-order valence-electron chi connectivity index (χ3n) is 2.71. The number of carbonyl (C=O) groups excluding carboxylic acids is 1. The Morgan fingerprint density at radius 3 is 2.44 bits per heavy atom. The molecule has 2 atom stereocenters. The van der Waals surface area contributed by atoms with E-state index in [1.807, 2.05) is 19.1 Å². The van der Waals surface area contributed by atoms with E-state index in [2.05, 4.69) is 0 Å². The number of hydrogen-bond donors (Lipinski definition) is 1. The number of carbonyl (C=O) groups is 2. The Labute approximate surface area is 107 Å². The van der Waals surface area contributed by atoms with E-state index in [9.17, 15) is 9.59 Å². The van der Waals surface area contributed by atoms with Crippen LogP contribution in [0.2, 0.25) is 0 Å². The minimum absolute atomic E-state index is 0.0867. The molecule has 1 rings (SSSR count). The summed E-state index contributed by atoms with van der Waals surface area (Å²) in [5.41, 5.74) is -0.612. The zero-order chi connectivity index (χ0) is 13.9. The molecule has 0 aliphatic carbocycles. The topological polar surface area (TPSA) is 66.8 Å². The predicted octanol–water partition coefficient (Wildman–Crippen LogP) is 2.27. The van der Waals surface area contributed by atoms with E-state index in [-0.39, 0.29) is 5.92 Å². The van der Waals surface area contributed by atoms with Crippen molar-refractivity contribution >= 4 is 12.1 Å². The highest BCUT2D eigenvalue weighted by Gasteiger charge is 2.40. The quantitative estimate of drug-likeness (QED) is 0.769. The van der Waals surface area contributed by atoms with E-state index < -0.39 is 23.7 Å². The van der Waals surface area contributed by atoms with Crippen LogP contribution in [0.15, 0.2) is 12.2 Å². The Morgan fingerprint density at radius 1 is 1.39 bits per heavy atom. The van der Waals surface area contributed by atoms with Crippen molar-refractivity contribution in [2.45, 2.75) is 45.8 Å². The minimum Gasteiger partial charge on any atom is -0.480 e. The van der Waals surface area contributed by atoms with E-state index in [1.54, 1.807) is 20.8 Å². The average molecular weight is 255 g/mol. The van der Waals surface area contributed by atoms with Gasteiger partial charge in [-0.15, -0.1) is 0 Å². The molecular formula is C13H21NO4. The third kappa shape index (κ3) is 3.75. The maximum atomic E-state index is 11.9. The van der Waals surface area contributed by atoms with Crippen molar-refractivity contribution < 1.29 is 19.4 Å². The Hall–Kier alpha value is -1.52. The van der Waals surface area contributed by atoms with Gasteiger partial charge in [0.05, 0.1) is 0 Å². The highest BCUT2D eigenvalue weighted by molar-refractivity contribution is 5.81. The lowest BCUT2D eigenvalue weighted by atomic mass is 10.1. The number of nitrogens with zero attached hydrogens (tertiary/aromatic N) is 1. The van der Waals surface area contributed by atoms with Crippen LogP contribution in [0.3, 0.4) is 0 Å². The molecule has 1 heterocycles. The molecule has 1 saturated heterocycles. The lowest BCUT2D eigenvalue weighted by Crippen LogP contribution is -2.43. The van der Waals surface area contributed by atoms with Gasteiger partial charge in [-0.3, -0.25) is 4.90 Å². The van der Waals surface area contributed by atoms with Gasteiger partial charge in [-0.2, -0.15) is 0 Å². The van der Waals surface area contributed by atoms with E-state index in [1.165, 1.54) is 4.90 Å². The molecule has 5 heteroatoms. The van der Waals surface area contributed by atoms with Gasteiger partial charge in [-0.25, -0.2) is 9.59 Å². The number of carboxylic acids is 1. The molecule has 1 fully saturated rings. The zero-order valence-electron chi connectivity index (χ0n) is 11.3. The molecule has 0 bridgehead atoms. The maximum absolute atomic E-state index is 11.9. The van der Waals surface area contributed by atoms with Gasteiger partial charge >= 0.3 is 12.1 Å². The molecule has 1 N–H and O–H groups in total. The fourth-order valence-electron chi connectivity index (χ4n) is 2.04. The van der Waals surface area contributed by atoms with Crippen molar-refractivity contribution in [2.75, 3.05) is 6.54 Å². The molecule has 5 nitrogen and oxygen atoms in total. The van der Waals surface area contributed by atoms with Gasteiger partial charge in [0.15, 0.2) is 0 Å². The molecule has 0 aromatic heterocycles. The van der Waals surface area contributed by atoms with Crippen LogP contribution < -0.4 is 0 Å². The Kier molecular flexibility index (Phi) is 4.38. The fraction of sp³-hybridized carbons (Fsp3) is 0.692. The molecule has 0 spiro atoms. The largest absolute Gasteiger partial charge is 0.480 e. The summed E-state index contributed by atoms with van der Waals surface area (Å²) in [7, 11) is 0. The number of rotatable bonds is 2. The second-order valence-corrected chi connectivity index (χ2v) is 5.51. The lowest BCUT2D eigenvalue weighted by molar-refractivity contribution is -0.142. The van der Waals surface area contributed by atoms with Crippen molar-refractivity contribution in [2.24, 2.45) is 5.92 Å². The Morgan fingerprint density at radius 2 is 2.00 bits per heavy atom. The van der Waals surface area contributed by atoms with Crippen molar-refractivity contribution in [3.05, 3.63) is 12.2 Å². The molecule has 0 unspecified atom stereocenters. The SMILES string of the molecule is C/C=C\[C@H]1C[C@H](C(=O)O)N(C(=O)OC(C)(C)C)C1. The fourth-order valence-corrected chi connectivity index (χ4v) is 2.04. The first-order valence-electron chi connectivity index (χ1n) is 6.10. The Bertz CT molecular complexity index is 356. The van der Waals surface area contributed by atoms with Crippen molar-refractivity contribution in [3.8, 4) is 0 Å². The highest BCUT2D eigenvalue weighted by atomic mass is 16.6. The number of amides is 1. The van der Waals surface area contributed by atoms with Gasteiger partial charge in [0.25, 0.3) is 0 Å². The van der Waals surface area contributed by atoms with Gasteiger partial charge in [-0.1, -0.05) is 12.2 Å². The smallest absolute Gasteiger partial charge is 0.411 e. The number of hydrogen-bond acceptors (Lipinski definition) is 3. The second-order valence-electron chi connectivity index (χ2n) is 5.51. The van der Waals surface area contributed by atoms with Crippen LogP contribution in [0.1, 0.15) is 34.1 Å². The second kappa shape index (κ2) is 5.42. The monoisotopic (exact) mass is 255 g/mol. The summed E-state index contributed by atoms with van der Waals surface area (Å²) >= 11 is 0. The van der Waals surface area contributed by atoms with Crippen LogP contribution in [0.4, 0.5) is 4.79 Å². The number of carboxylic acid groups (broad SMARTS) is 1. The standard InChI is InChI=1S/C13H21NO4/c1-5-6-9-7-10(11(15)16)14(8-9)12(17)18-13(2,3)4/h5-6,9-10H,7-8H2,1-4H3,(H,15,16)/b6-5-/t9-,10+/m0/s1.